The van der Waals surface area contributed by atoms with E-state index in [2.05, 4.69) is 23.9 Å². The lowest BCUT2D eigenvalue weighted by Crippen LogP contribution is -2.45. The summed E-state index contributed by atoms with van der Waals surface area (Å²) in [6.45, 7) is 11.6. The Kier molecular flexibility index (Phi) is 7.95. The number of aryl methyl sites for hydroxylation is 4. The number of hydrogen-bond acceptors (Lipinski definition) is 3. The quantitative estimate of drug-likeness (QED) is 0.444. The Balaban J connectivity index is 1.99. The molecule has 0 aliphatic carbocycles. The molecule has 3 aromatic rings. The summed E-state index contributed by atoms with van der Waals surface area (Å²) in [5.41, 5.74) is 5.87. The standard InChI is InChI=1S/C28H34N2O3S/c1-18(2)24-14-10-11-20(4)26(24)29-28(31)25(17-23-12-8-7-9-13-23)30-34(32,33)27-21(5)15-19(3)16-22(27)6/h7-16,18,25,30H,17H2,1-6H3,(H,29,31)/t25-/m1/s1. The molecule has 1 atom stereocenters. The van der Waals surface area contributed by atoms with Crippen LogP contribution in [-0.4, -0.2) is 20.4 Å². The van der Waals surface area contributed by atoms with Crippen molar-refractivity contribution in [3.05, 3.63) is 94.0 Å². The molecule has 0 spiro atoms. The van der Waals surface area contributed by atoms with Crippen LogP contribution in [0.1, 0.15) is 53.1 Å². The number of para-hydroxylation sites is 1. The second-order valence-corrected chi connectivity index (χ2v) is 10.9. The highest BCUT2D eigenvalue weighted by Crippen LogP contribution is 2.28. The summed E-state index contributed by atoms with van der Waals surface area (Å²) in [5.74, 6) is -0.177. The number of nitrogens with one attached hydrogen (secondary N) is 2. The van der Waals surface area contributed by atoms with Crippen molar-refractivity contribution in [2.75, 3.05) is 5.32 Å². The average Bonchev–Trinajstić information content (AvgIpc) is 2.74. The van der Waals surface area contributed by atoms with Crippen LogP contribution >= 0.6 is 0 Å². The van der Waals surface area contributed by atoms with E-state index in [4.69, 9.17) is 0 Å². The maximum absolute atomic E-state index is 13.5. The molecule has 2 N–H and O–H groups in total. The third-order valence-electron chi connectivity index (χ3n) is 5.95. The van der Waals surface area contributed by atoms with E-state index in [0.29, 0.717) is 11.1 Å². The van der Waals surface area contributed by atoms with Crippen LogP contribution < -0.4 is 10.0 Å². The van der Waals surface area contributed by atoms with Gasteiger partial charge in [0.1, 0.15) is 6.04 Å². The normalized spacial score (nSPS) is 12.6. The third kappa shape index (κ3) is 5.93. The summed E-state index contributed by atoms with van der Waals surface area (Å²) >= 11 is 0. The zero-order chi connectivity index (χ0) is 25.0. The molecule has 0 unspecified atom stereocenters. The molecule has 0 aliphatic rings. The first-order valence-electron chi connectivity index (χ1n) is 11.5. The van der Waals surface area contributed by atoms with E-state index in [9.17, 15) is 13.2 Å². The van der Waals surface area contributed by atoms with Gasteiger partial charge in [-0.2, -0.15) is 4.72 Å². The molecule has 34 heavy (non-hydrogen) atoms. The fourth-order valence-corrected chi connectivity index (χ4v) is 6.08. The molecule has 0 bridgehead atoms. The zero-order valence-electron chi connectivity index (χ0n) is 20.8. The number of carbonyl (C=O) groups is 1. The average molecular weight is 479 g/mol. The lowest BCUT2D eigenvalue weighted by Gasteiger charge is -2.23. The predicted octanol–water partition coefficient (Wildman–Crippen LogP) is 5.57. The lowest BCUT2D eigenvalue weighted by atomic mass is 9.97. The van der Waals surface area contributed by atoms with E-state index >= 15 is 0 Å². The van der Waals surface area contributed by atoms with Crippen LogP contribution in [0.2, 0.25) is 0 Å². The second kappa shape index (κ2) is 10.5. The SMILES string of the molecule is Cc1cc(C)c(S(=O)(=O)N[C@H](Cc2ccccc2)C(=O)Nc2c(C)cccc2C(C)C)c(C)c1. The zero-order valence-corrected chi connectivity index (χ0v) is 21.6. The first kappa shape index (κ1) is 25.7. The van der Waals surface area contributed by atoms with Gasteiger partial charge in [-0.25, -0.2) is 8.42 Å². The van der Waals surface area contributed by atoms with E-state index in [-0.39, 0.29) is 23.1 Å². The predicted molar refractivity (Wildman–Crippen MR) is 139 cm³/mol. The fraction of sp³-hybridized carbons (Fsp3) is 0.321. The van der Waals surface area contributed by atoms with Crippen molar-refractivity contribution in [2.45, 2.75) is 64.8 Å². The number of benzene rings is 3. The maximum Gasteiger partial charge on any atom is 0.242 e. The number of hydrogen-bond donors (Lipinski definition) is 2. The van der Waals surface area contributed by atoms with Gasteiger partial charge in [0.2, 0.25) is 15.9 Å². The van der Waals surface area contributed by atoms with E-state index < -0.39 is 16.1 Å². The lowest BCUT2D eigenvalue weighted by molar-refractivity contribution is -0.117. The Labute approximate surface area is 203 Å². The van der Waals surface area contributed by atoms with Crippen LogP contribution in [0.25, 0.3) is 0 Å². The highest BCUT2D eigenvalue weighted by atomic mass is 32.2. The van der Waals surface area contributed by atoms with Gasteiger partial charge in [-0.3, -0.25) is 4.79 Å². The molecule has 0 saturated carbocycles. The van der Waals surface area contributed by atoms with Gasteiger partial charge in [0.15, 0.2) is 0 Å². The summed E-state index contributed by atoms with van der Waals surface area (Å²) in [4.78, 5) is 13.8. The van der Waals surface area contributed by atoms with Gasteiger partial charge in [0, 0.05) is 5.69 Å². The fourth-order valence-electron chi connectivity index (χ4n) is 4.43. The second-order valence-electron chi connectivity index (χ2n) is 9.27. The van der Waals surface area contributed by atoms with Crippen LogP contribution in [0.4, 0.5) is 5.69 Å². The molecule has 3 rings (SSSR count). The smallest absolute Gasteiger partial charge is 0.242 e. The highest BCUT2D eigenvalue weighted by molar-refractivity contribution is 7.89. The van der Waals surface area contributed by atoms with E-state index in [1.54, 1.807) is 13.8 Å². The first-order valence-corrected chi connectivity index (χ1v) is 13.0. The van der Waals surface area contributed by atoms with Crippen LogP contribution in [0.15, 0.2) is 65.6 Å². The molecule has 0 saturated heterocycles. The van der Waals surface area contributed by atoms with E-state index in [0.717, 1.165) is 27.9 Å². The Hall–Kier alpha value is -2.96. The Bertz CT molecular complexity index is 1260. The minimum Gasteiger partial charge on any atom is -0.324 e. The summed E-state index contributed by atoms with van der Waals surface area (Å²) in [7, 11) is -3.94. The number of sulfonamides is 1. The number of anilines is 1. The summed E-state index contributed by atoms with van der Waals surface area (Å²) in [6.07, 6.45) is 0.235. The van der Waals surface area contributed by atoms with Crippen LogP contribution in [-0.2, 0) is 21.2 Å². The number of rotatable bonds is 8. The monoisotopic (exact) mass is 478 g/mol. The summed E-state index contributed by atoms with van der Waals surface area (Å²) < 4.78 is 29.7. The minimum absolute atomic E-state index is 0.206. The van der Waals surface area contributed by atoms with Gasteiger partial charge >= 0.3 is 0 Å². The van der Waals surface area contributed by atoms with Crippen molar-refractivity contribution in [2.24, 2.45) is 0 Å². The molecule has 0 radical (unpaired) electrons. The van der Waals surface area contributed by atoms with Crippen molar-refractivity contribution in [3.8, 4) is 0 Å². The van der Waals surface area contributed by atoms with E-state index in [1.807, 2.05) is 74.5 Å². The molecule has 5 nitrogen and oxygen atoms in total. The minimum atomic E-state index is -3.94. The third-order valence-corrected chi connectivity index (χ3v) is 7.72. The van der Waals surface area contributed by atoms with Gasteiger partial charge in [0.05, 0.1) is 4.90 Å². The van der Waals surface area contributed by atoms with Gasteiger partial charge < -0.3 is 5.32 Å². The van der Waals surface area contributed by atoms with E-state index in [1.165, 1.54) is 0 Å². The van der Waals surface area contributed by atoms with Crippen molar-refractivity contribution < 1.29 is 13.2 Å². The van der Waals surface area contributed by atoms with Crippen molar-refractivity contribution >= 4 is 21.6 Å². The summed E-state index contributed by atoms with van der Waals surface area (Å²) in [6, 6.07) is 18.0. The first-order chi connectivity index (χ1) is 16.0. The van der Waals surface area contributed by atoms with Crippen molar-refractivity contribution in [1.82, 2.24) is 4.72 Å². The van der Waals surface area contributed by atoms with Gasteiger partial charge in [0.25, 0.3) is 0 Å². The maximum atomic E-state index is 13.5. The molecule has 0 fully saturated rings. The van der Waals surface area contributed by atoms with Crippen LogP contribution in [0, 0.1) is 27.7 Å². The van der Waals surface area contributed by atoms with Crippen LogP contribution in [0.5, 0.6) is 0 Å². The van der Waals surface area contributed by atoms with Gasteiger partial charge in [-0.1, -0.05) is 80.1 Å². The Morgan fingerprint density at radius 1 is 0.853 bits per heavy atom. The van der Waals surface area contributed by atoms with Crippen LogP contribution in [0.3, 0.4) is 0 Å². The largest absolute Gasteiger partial charge is 0.324 e. The molecular weight excluding hydrogens is 444 g/mol. The highest BCUT2D eigenvalue weighted by Gasteiger charge is 2.29. The number of carbonyl (C=O) groups excluding carboxylic acids is 1. The molecule has 0 heterocycles. The van der Waals surface area contributed by atoms with Gasteiger partial charge in [-0.05, 0) is 67.9 Å². The summed E-state index contributed by atoms with van der Waals surface area (Å²) in [5, 5.41) is 3.03. The molecular formula is C28H34N2O3S. The Morgan fingerprint density at radius 3 is 2.06 bits per heavy atom. The molecule has 6 heteroatoms. The Morgan fingerprint density at radius 2 is 1.47 bits per heavy atom. The van der Waals surface area contributed by atoms with Gasteiger partial charge in [-0.15, -0.1) is 0 Å². The molecule has 0 aromatic heterocycles. The topological polar surface area (TPSA) is 75.3 Å². The molecule has 3 aromatic carbocycles. The van der Waals surface area contributed by atoms with Crippen molar-refractivity contribution in [1.29, 1.82) is 0 Å². The number of amides is 1. The molecule has 180 valence electrons. The molecule has 1 amide bonds. The molecule has 0 aliphatic heterocycles. The van der Waals surface area contributed by atoms with Crippen molar-refractivity contribution in [3.63, 3.8) is 0 Å².